The van der Waals surface area contributed by atoms with E-state index in [1.54, 1.807) is 29.4 Å². The second-order valence-corrected chi connectivity index (χ2v) is 6.29. The van der Waals surface area contributed by atoms with Crippen LogP contribution < -0.4 is 10.5 Å². The maximum Gasteiger partial charge on any atom is 0.250 e. The van der Waals surface area contributed by atoms with Gasteiger partial charge in [-0.3, -0.25) is 9.59 Å². The minimum atomic E-state index is -0.162. The summed E-state index contributed by atoms with van der Waals surface area (Å²) in [6.45, 7) is 2.67. The van der Waals surface area contributed by atoms with E-state index in [0.717, 1.165) is 16.6 Å². The fraction of sp³-hybridized carbons (Fsp3) is 0.263. The fourth-order valence-electron chi connectivity index (χ4n) is 3.25. The number of hydrogen-bond donors (Lipinski definition) is 0. The molecule has 0 radical (unpaired) electrons. The van der Waals surface area contributed by atoms with E-state index in [-0.39, 0.29) is 18.0 Å². The van der Waals surface area contributed by atoms with Crippen LogP contribution in [0.2, 0.25) is 0 Å². The molecule has 0 N–H and O–H groups in total. The minimum absolute atomic E-state index is 0.0399. The summed E-state index contributed by atoms with van der Waals surface area (Å²) in [7, 11) is 0. The highest BCUT2D eigenvalue weighted by Gasteiger charge is 2.23. The van der Waals surface area contributed by atoms with Gasteiger partial charge in [0, 0.05) is 49.2 Å². The van der Waals surface area contributed by atoms with Crippen LogP contribution in [0.4, 0.5) is 5.82 Å². The van der Waals surface area contributed by atoms with Crippen LogP contribution in [-0.2, 0) is 11.3 Å². The van der Waals surface area contributed by atoms with Gasteiger partial charge < -0.3 is 14.4 Å². The zero-order chi connectivity index (χ0) is 17.9. The number of fused-ring (bicyclic) bond motifs is 1. The summed E-state index contributed by atoms with van der Waals surface area (Å²) in [5.74, 6) is 0.816. The lowest BCUT2D eigenvalue weighted by Gasteiger charge is -2.35. The summed E-state index contributed by atoms with van der Waals surface area (Å²) in [4.78, 5) is 28.2. The third kappa shape index (κ3) is 3.15. The second-order valence-electron chi connectivity index (χ2n) is 6.29. The van der Waals surface area contributed by atoms with Crippen molar-refractivity contribution < 1.29 is 4.79 Å². The number of anilines is 1. The Bertz CT molecular complexity index is 987. The Morgan fingerprint density at radius 3 is 2.58 bits per heavy atom. The van der Waals surface area contributed by atoms with Gasteiger partial charge in [0.05, 0.1) is 6.20 Å². The minimum Gasteiger partial charge on any atom is -0.351 e. The van der Waals surface area contributed by atoms with Gasteiger partial charge in [-0.1, -0.05) is 30.3 Å². The molecule has 1 aliphatic rings. The zero-order valence-electron chi connectivity index (χ0n) is 14.3. The predicted molar refractivity (Wildman–Crippen MR) is 99.0 cm³/mol. The van der Waals surface area contributed by atoms with Gasteiger partial charge in [0.25, 0.3) is 5.56 Å². The molecule has 0 unspecified atom stereocenters. The molecule has 4 rings (SSSR count). The average Bonchev–Trinajstić information content (AvgIpc) is 2.69. The van der Waals surface area contributed by atoms with Crippen LogP contribution in [-0.4, -0.2) is 51.8 Å². The van der Waals surface area contributed by atoms with Crippen molar-refractivity contribution in [3.8, 4) is 0 Å². The fourth-order valence-corrected chi connectivity index (χ4v) is 3.25. The number of hydrogen-bond acceptors (Lipinski definition) is 5. The van der Waals surface area contributed by atoms with Crippen molar-refractivity contribution in [2.75, 3.05) is 31.1 Å². The maximum atomic E-state index is 12.5. The molecule has 0 spiro atoms. The quantitative estimate of drug-likeness (QED) is 0.709. The van der Waals surface area contributed by atoms with Crippen molar-refractivity contribution >= 4 is 22.5 Å². The van der Waals surface area contributed by atoms with Crippen LogP contribution in [0.15, 0.2) is 59.7 Å². The van der Waals surface area contributed by atoms with Gasteiger partial charge in [-0.05, 0) is 6.07 Å². The summed E-state index contributed by atoms with van der Waals surface area (Å²) in [5, 5.41) is 10.5. The molecule has 0 saturated carbocycles. The highest BCUT2D eigenvalue weighted by molar-refractivity contribution is 5.91. The molecular weight excluding hydrogens is 330 g/mol. The second kappa shape index (κ2) is 6.95. The van der Waals surface area contributed by atoms with Crippen LogP contribution in [0.25, 0.3) is 10.8 Å². The van der Waals surface area contributed by atoms with Crippen LogP contribution in [0.1, 0.15) is 0 Å². The van der Waals surface area contributed by atoms with E-state index in [1.165, 1.54) is 10.6 Å². The van der Waals surface area contributed by atoms with Gasteiger partial charge in [-0.15, -0.1) is 5.10 Å². The van der Waals surface area contributed by atoms with Crippen LogP contribution in [0, 0.1) is 0 Å². The Labute approximate surface area is 150 Å². The van der Waals surface area contributed by atoms with E-state index in [1.807, 2.05) is 24.3 Å². The van der Waals surface area contributed by atoms with E-state index in [4.69, 9.17) is 0 Å². The Morgan fingerprint density at radius 1 is 1.00 bits per heavy atom. The number of piperazine rings is 1. The highest BCUT2D eigenvalue weighted by atomic mass is 16.2. The Balaban J connectivity index is 1.45. The molecule has 0 atom stereocenters. The number of carbonyl (C=O) groups is 1. The molecular formula is C19H19N5O2. The number of aromatic nitrogens is 3. The van der Waals surface area contributed by atoms with Crippen molar-refractivity contribution in [3.05, 3.63) is 65.2 Å². The monoisotopic (exact) mass is 349 g/mol. The van der Waals surface area contributed by atoms with Gasteiger partial charge in [0.2, 0.25) is 5.91 Å². The van der Waals surface area contributed by atoms with Crippen molar-refractivity contribution in [2.24, 2.45) is 0 Å². The molecule has 132 valence electrons. The summed E-state index contributed by atoms with van der Waals surface area (Å²) in [6.07, 6.45) is 3.40. The maximum absolute atomic E-state index is 12.5. The summed E-state index contributed by atoms with van der Waals surface area (Å²) in [5.41, 5.74) is -0.162. The number of amides is 1. The molecule has 2 aromatic heterocycles. The Hall–Kier alpha value is -3.22. The molecule has 7 heteroatoms. The molecule has 1 saturated heterocycles. The highest BCUT2D eigenvalue weighted by Crippen LogP contribution is 2.24. The van der Waals surface area contributed by atoms with Gasteiger partial charge in [-0.2, -0.15) is 5.10 Å². The molecule has 1 aromatic carbocycles. The molecule has 3 aromatic rings. The van der Waals surface area contributed by atoms with Gasteiger partial charge in [0.15, 0.2) is 5.82 Å². The standard InChI is InChI=1S/C19H19N5O2/c25-17-7-3-4-8-24(17)14-18(26)22-9-11-23(12-10-22)19-16-6-2-1-5-15(16)13-20-21-19/h1-8,13H,9-12,14H2. The van der Waals surface area contributed by atoms with Crippen molar-refractivity contribution in [1.29, 1.82) is 0 Å². The van der Waals surface area contributed by atoms with Crippen LogP contribution >= 0.6 is 0 Å². The summed E-state index contributed by atoms with van der Waals surface area (Å²) in [6, 6.07) is 12.9. The lowest BCUT2D eigenvalue weighted by atomic mass is 10.1. The molecule has 0 aliphatic carbocycles. The first kappa shape index (κ1) is 16.3. The zero-order valence-corrected chi connectivity index (χ0v) is 14.3. The molecule has 1 aliphatic heterocycles. The first-order valence-electron chi connectivity index (χ1n) is 8.61. The molecule has 3 heterocycles. The number of rotatable bonds is 3. The van der Waals surface area contributed by atoms with Gasteiger partial charge in [-0.25, -0.2) is 0 Å². The number of benzene rings is 1. The molecule has 1 fully saturated rings. The van der Waals surface area contributed by atoms with Gasteiger partial charge in [0.1, 0.15) is 6.54 Å². The first-order valence-corrected chi connectivity index (χ1v) is 8.61. The number of pyridine rings is 1. The summed E-state index contributed by atoms with van der Waals surface area (Å²) >= 11 is 0. The number of carbonyl (C=O) groups excluding carboxylic acids is 1. The molecule has 0 bridgehead atoms. The third-order valence-corrected chi connectivity index (χ3v) is 4.69. The first-order chi connectivity index (χ1) is 12.7. The van der Waals surface area contributed by atoms with Gasteiger partial charge >= 0.3 is 0 Å². The largest absolute Gasteiger partial charge is 0.351 e. The molecule has 1 amide bonds. The predicted octanol–water partition coefficient (Wildman–Crippen LogP) is 1.14. The van der Waals surface area contributed by atoms with Crippen LogP contribution in [0.5, 0.6) is 0 Å². The third-order valence-electron chi connectivity index (χ3n) is 4.69. The van der Waals surface area contributed by atoms with Crippen molar-refractivity contribution in [1.82, 2.24) is 19.7 Å². The van der Waals surface area contributed by atoms with Crippen molar-refractivity contribution in [3.63, 3.8) is 0 Å². The Morgan fingerprint density at radius 2 is 1.77 bits per heavy atom. The lowest BCUT2D eigenvalue weighted by molar-refractivity contribution is -0.132. The normalized spacial score (nSPS) is 14.6. The topological polar surface area (TPSA) is 71.3 Å². The van der Waals surface area contributed by atoms with E-state index in [2.05, 4.69) is 15.1 Å². The average molecular weight is 349 g/mol. The smallest absolute Gasteiger partial charge is 0.250 e. The van der Waals surface area contributed by atoms with E-state index < -0.39 is 0 Å². The number of nitrogens with zero attached hydrogens (tertiary/aromatic N) is 5. The Kier molecular flexibility index (Phi) is 4.35. The van der Waals surface area contributed by atoms with E-state index in [9.17, 15) is 9.59 Å². The van der Waals surface area contributed by atoms with E-state index >= 15 is 0 Å². The SMILES string of the molecule is O=C(Cn1ccccc1=O)N1CCN(c2nncc3ccccc23)CC1. The lowest BCUT2D eigenvalue weighted by Crippen LogP contribution is -2.50. The summed E-state index contributed by atoms with van der Waals surface area (Å²) < 4.78 is 1.44. The molecule has 7 nitrogen and oxygen atoms in total. The van der Waals surface area contributed by atoms with Crippen molar-refractivity contribution in [2.45, 2.75) is 6.54 Å². The van der Waals surface area contributed by atoms with Crippen LogP contribution in [0.3, 0.4) is 0 Å². The van der Waals surface area contributed by atoms with E-state index in [0.29, 0.717) is 26.2 Å². The molecule has 26 heavy (non-hydrogen) atoms.